The number of para-hydroxylation sites is 2. The highest BCUT2D eigenvalue weighted by Crippen LogP contribution is 2.23. The summed E-state index contributed by atoms with van der Waals surface area (Å²) in [7, 11) is 0. The highest BCUT2D eigenvalue weighted by atomic mass is 16.5. The maximum Gasteiger partial charge on any atom is 0.138 e. The fourth-order valence-electron chi connectivity index (χ4n) is 3.39. The van der Waals surface area contributed by atoms with Gasteiger partial charge in [-0.15, -0.1) is 0 Å². The monoisotopic (exact) mass is 406 g/mol. The van der Waals surface area contributed by atoms with Crippen molar-refractivity contribution in [3.63, 3.8) is 0 Å². The molecule has 0 saturated carbocycles. The van der Waals surface area contributed by atoms with E-state index in [0.29, 0.717) is 13.2 Å². The average molecular weight is 406 g/mol. The molecule has 4 aromatic carbocycles. The molecular weight excluding hydrogens is 384 g/mol. The largest absolute Gasteiger partial charge is 0.489 e. The summed E-state index contributed by atoms with van der Waals surface area (Å²) in [6, 6.07) is 34.2. The lowest BCUT2D eigenvalue weighted by molar-refractivity contribution is 0.301. The molecule has 31 heavy (non-hydrogen) atoms. The number of imidazole rings is 1. The Labute approximate surface area is 181 Å². The molecule has 5 aromatic rings. The van der Waals surface area contributed by atoms with E-state index >= 15 is 0 Å². The number of aromatic amines is 1. The molecule has 0 aliphatic heterocycles. The molecule has 1 N–H and O–H groups in total. The number of H-pyrrole nitrogens is 1. The molecule has 0 radical (unpaired) electrons. The van der Waals surface area contributed by atoms with Gasteiger partial charge in [-0.25, -0.2) is 4.98 Å². The second-order valence-corrected chi connectivity index (χ2v) is 7.33. The summed E-state index contributed by atoms with van der Waals surface area (Å²) < 4.78 is 11.8. The first-order chi connectivity index (χ1) is 15.3. The minimum atomic E-state index is 0.503. The molecule has 0 saturated heterocycles. The van der Waals surface area contributed by atoms with E-state index < -0.39 is 0 Å². The van der Waals surface area contributed by atoms with Gasteiger partial charge in [0.15, 0.2) is 0 Å². The Morgan fingerprint density at radius 2 is 1.16 bits per heavy atom. The topological polar surface area (TPSA) is 47.1 Å². The van der Waals surface area contributed by atoms with Crippen molar-refractivity contribution < 1.29 is 9.47 Å². The molecule has 4 heteroatoms. The summed E-state index contributed by atoms with van der Waals surface area (Å²) in [4.78, 5) is 7.99. The lowest BCUT2D eigenvalue weighted by Gasteiger charge is -2.09. The molecular formula is C27H22N2O2. The predicted molar refractivity (Wildman–Crippen MR) is 123 cm³/mol. The summed E-state index contributed by atoms with van der Waals surface area (Å²) in [5.74, 6) is 2.53. The van der Waals surface area contributed by atoms with Crippen LogP contribution in [0.2, 0.25) is 0 Å². The molecule has 0 fully saturated rings. The molecule has 0 spiro atoms. The van der Waals surface area contributed by atoms with E-state index in [4.69, 9.17) is 9.47 Å². The summed E-state index contributed by atoms with van der Waals surface area (Å²) in [6.07, 6.45) is 0. The van der Waals surface area contributed by atoms with Gasteiger partial charge in [-0.1, -0.05) is 54.6 Å². The molecule has 0 aliphatic rings. The van der Waals surface area contributed by atoms with Crippen molar-refractivity contribution in [2.75, 3.05) is 0 Å². The number of benzene rings is 4. The van der Waals surface area contributed by atoms with E-state index in [1.807, 2.05) is 91.0 Å². The summed E-state index contributed by atoms with van der Waals surface area (Å²) in [5.41, 5.74) is 5.28. The van der Waals surface area contributed by atoms with Crippen LogP contribution < -0.4 is 9.47 Å². The lowest BCUT2D eigenvalue weighted by atomic mass is 10.2. The van der Waals surface area contributed by atoms with Gasteiger partial charge in [0.2, 0.25) is 0 Å². The molecule has 152 valence electrons. The minimum Gasteiger partial charge on any atom is -0.489 e. The fourth-order valence-corrected chi connectivity index (χ4v) is 3.39. The van der Waals surface area contributed by atoms with Crippen LogP contribution in [0.25, 0.3) is 22.4 Å². The van der Waals surface area contributed by atoms with Crippen LogP contribution in [-0.2, 0) is 13.2 Å². The Kier molecular flexibility index (Phi) is 5.35. The first kappa shape index (κ1) is 18.9. The van der Waals surface area contributed by atoms with Crippen molar-refractivity contribution in [1.29, 1.82) is 0 Å². The van der Waals surface area contributed by atoms with Crippen LogP contribution in [0, 0.1) is 0 Å². The average Bonchev–Trinajstić information content (AvgIpc) is 3.27. The zero-order chi connectivity index (χ0) is 20.9. The summed E-state index contributed by atoms with van der Waals surface area (Å²) >= 11 is 0. The van der Waals surface area contributed by atoms with Crippen molar-refractivity contribution >= 4 is 11.0 Å². The highest BCUT2D eigenvalue weighted by Gasteiger charge is 2.05. The van der Waals surface area contributed by atoms with Crippen molar-refractivity contribution in [3.8, 4) is 22.9 Å². The maximum absolute atomic E-state index is 5.94. The van der Waals surface area contributed by atoms with Gasteiger partial charge in [0.25, 0.3) is 0 Å². The van der Waals surface area contributed by atoms with E-state index in [0.717, 1.165) is 45.0 Å². The normalized spacial score (nSPS) is 10.8. The molecule has 1 heterocycles. The Hall–Kier alpha value is -4.05. The number of fused-ring (bicyclic) bond motifs is 1. The number of aromatic nitrogens is 2. The Balaban J connectivity index is 1.17. The van der Waals surface area contributed by atoms with Crippen molar-refractivity contribution in [2.24, 2.45) is 0 Å². The van der Waals surface area contributed by atoms with Gasteiger partial charge in [0.1, 0.15) is 30.5 Å². The second kappa shape index (κ2) is 8.76. The van der Waals surface area contributed by atoms with Crippen LogP contribution in [0.15, 0.2) is 103 Å². The zero-order valence-electron chi connectivity index (χ0n) is 17.0. The van der Waals surface area contributed by atoms with Gasteiger partial charge in [0, 0.05) is 5.56 Å². The van der Waals surface area contributed by atoms with Crippen molar-refractivity contribution in [1.82, 2.24) is 9.97 Å². The van der Waals surface area contributed by atoms with Crippen LogP contribution in [0.4, 0.5) is 0 Å². The van der Waals surface area contributed by atoms with E-state index in [-0.39, 0.29) is 0 Å². The maximum atomic E-state index is 5.94. The number of ether oxygens (including phenoxy) is 2. The molecule has 4 nitrogen and oxygen atoms in total. The number of rotatable bonds is 7. The zero-order valence-corrected chi connectivity index (χ0v) is 17.0. The van der Waals surface area contributed by atoms with E-state index in [1.165, 1.54) is 0 Å². The molecule has 5 rings (SSSR count). The minimum absolute atomic E-state index is 0.503. The van der Waals surface area contributed by atoms with E-state index in [9.17, 15) is 0 Å². The van der Waals surface area contributed by atoms with Crippen molar-refractivity contribution in [2.45, 2.75) is 13.2 Å². The van der Waals surface area contributed by atoms with Gasteiger partial charge < -0.3 is 14.5 Å². The summed E-state index contributed by atoms with van der Waals surface area (Å²) in [5, 5.41) is 0. The van der Waals surface area contributed by atoms with Gasteiger partial charge in [-0.2, -0.15) is 0 Å². The molecule has 0 bridgehead atoms. The third-order valence-electron chi connectivity index (χ3n) is 5.09. The van der Waals surface area contributed by atoms with Gasteiger partial charge in [-0.05, 0) is 59.7 Å². The Bertz CT molecular complexity index is 1230. The van der Waals surface area contributed by atoms with Gasteiger partial charge >= 0.3 is 0 Å². The molecule has 0 atom stereocenters. The first-order valence-corrected chi connectivity index (χ1v) is 10.3. The predicted octanol–water partition coefficient (Wildman–Crippen LogP) is 6.39. The van der Waals surface area contributed by atoms with Crippen LogP contribution in [-0.4, -0.2) is 9.97 Å². The third kappa shape index (κ3) is 4.59. The van der Waals surface area contributed by atoms with Crippen LogP contribution in [0.3, 0.4) is 0 Å². The Morgan fingerprint density at radius 3 is 1.84 bits per heavy atom. The lowest BCUT2D eigenvalue weighted by Crippen LogP contribution is -1.97. The second-order valence-electron chi connectivity index (χ2n) is 7.33. The molecule has 1 aromatic heterocycles. The van der Waals surface area contributed by atoms with Crippen LogP contribution in [0.5, 0.6) is 11.5 Å². The molecule has 0 unspecified atom stereocenters. The quantitative estimate of drug-likeness (QED) is 0.341. The first-order valence-electron chi connectivity index (χ1n) is 10.3. The molecule has 0 aliphatic carbocycles. The van der Waals surface area contributed by atoms with Gasteiger partial charge in [0.05, 0.1) is 11.0 Å². The standard InChI is InChI=1S/C27H22N2O2/c1-2-6-20(7-3-1)18-30-23-14-10-21(11-15-23)19-31-24-16-12-22(13-17-24)27-28-25-8-4-5-9-26(25)29-27/h1-17H,18-19H2,(H,28,29). The number of hydrogen-bond donors (Lipinski definition) is 1. The highest BCUT2D eigenvalue weighted by molar-refractivity contribution is 5.79. The molecule has 0 amide bonds. The third-order valence-corrected chi connectivity index (χ3v) is 5.09. The summed E-state index contributed by atoms with van der Waals surface area (Å²) in [6.45, 7) is 1.07. The number of hydrogen-bond acceptors (Lipinski definition) is 3. The fraction of sp³-hybridized carbons (Fsp3) is 0.0741. The van der Waals surface area contributed by atoms with E-state index in [1.54, 1.807) is 0 Å². The van der Waals surface area contributed by atoms with E-state index in [2.05, 4.69) is 22.1 Å². The smallest absolute Gasteiger partial charge is 0.138 e. The Morgan fingerprint density at radius 1 is 0.581 bits per heavy atom. The number of nitrogens with one attached hydrogen (secondary N) is 1. The van der Waals surface area contributed by atoms with Crippen LogP contribution >= 0.6 is 0 Å². The number of nitrogens with zero attached hydrogens (tertiary/aromatic N) is 1. The van der Waals surface area contributed by atoms with Crippen molar-refractivity contribution in [3.05, 3.63) is 114 Å². The SMILES string of the molecule is c1ccc(COc2ccc(COc3ccc(-c4nc5ccccc5[nH]4)cc3)cc2)cc1. The van der Waals surface area contributed by atoms with Gasteiger partial charge in [-0.3, -0.25) is 0 Å². The van der Waals surface area contributed by atoms with Crippen LogP contribution in [0.1, 0.15) is 11.1 Å².